The second kappa shape index (κ2) is 9.52. The Labute approximate surface area is 216 Å². The molecule has 0 aliphatic carbocycles. The van der Waals surface area contributed by atoms with Crippen LogP contribution in [-0.2, 0) is 0 Å². The molecule has 0 bridgehead atoms. The number of phenolic OH excluding ortho intramolecular Hbond substituents is 1. The Kier molecular flexibility index (Phi) is 5.89. The fourth-order valence-corrected chi connectivity index (χ4v) is 4.22. The molecule has 1 aromatic carbocycles. The fourth-order valence-electron chi connectivity index (χ4n) is 4.22. The molecule has 0 atom stereocenters. The van der Waals surface area contributed by atoms with E-state index >= 15 is 0 Å². The van der Waals surface area contributed by atoms with Gasteiger partial charge in [0.1, 0.15) is 35.1 Å². The monoisotopic (exact) mass is 510 g/mol. The van der Waals surface area contributed by atoms with Crippen molar-refractivity contribution in [2.24, 2.45) is 0 Å². The molecule has 0 radical (unpaired) electrons. The van der Waals surface area contributed by atoms with E-state index in [1.165, 1.54) is 12.1 Å². The van der Waals surface area contributed by atoms with Gasteiger partial charge in [-0.1, -0.05) is 0 Å². The average Bonchev–Trinajstić information content (AvgIpc) is 3.51. The second-order valence-electron chi connectivity index (χ2n) is 9.09. The third-order valence-corrected chi connectivity index (χ3v) is 6.07. The molecular formula is C27H23FN8O2. The van der Waals surface area contributed by atoms with Crippen molar-refractivity contribution in [3.05, 3.63) is 67.0 Å². The van der Waals surface area contributed by atoms with Crippen LogP contribution in [0.25, 0.3) is 56.0 Å². The standard InChI is InChI=1S/C27H23FN8O2/c1-36(2)5-6-38-19-9-16(12-29-13-19)22-11-21-23(14-31-22)34-35-25(21)27-32-24-20(3-4-30-26(24)33-27)15-7-17(28)10-18(37)8-15/h3-4,7-14,37H,5-6H2,1-2H3,(H,34,35)(H,30,32,33). The van der Waals surface area contributed by atoms with Crippen LogP contribution < -0.4 is 4.74 Å². The van der Waals surface area contributed by atoms with Crippen LogP contribution in [0.15, 0.2) is 61.2 Å². The minimum absolute atomic E-state index is 0.166. The van der Waals surface area contributed by atoms with Crippen LogP contribution in [-0.4, -0.2) is 72.4 Å². The first-order valence-corrected chi connectivity index (χ1v) is 11.9. The summed E-state index contributed by atoms with van der Waals surface area (Å²) in [4.78, 5) is 23.3. The quantitative estimate of drug-likeness (QED) is 0.288. The molecule has 0 aliphatic heterocycles. The Morgan fingerprint density at radius 2 is 1.92 bits per heavy atom. The number of nitrogens with zero attached hydrogens (tertiary/aromatic N) is 6. The number of halogens is 1. The van der Waals surface area contributed by atoms with Crippen molar-refractivity contribution in [1.82, 2.24) is 40.0 Å². The number of imidazole rings is 1. The van der Waals surface area contributed by atoms with Crippen molar-refractivity contribution in [2.75, 3.05) is 27.2 Å². The first-order chi connectivity index (χ1) is 18.4. The highest BCUT2D eigenvalue weighted by Gasteiger charge is 2.17. The summed E-state index contributed by atoms with van der Waals surface area (Å²) in [5.74, 6) is 0.446. The molecule has 11 heteroatoms. The number of H-pyrrole nitrogens is 2. The summed E-state index contributed by atoms with van der Waals surface area (Å²) < 4.78 is 19.8. The third kappa shape index (κ3) is 4.50. The van der Waals surface area contributed by atoms with Crippen LogP contribution in [0.2, 0.25) is 0 Å². The van der Waals surface area contributed by atoms with Gasteiger partial charge in [0.05, 0.1) is 23.6 Å². The van der Waals surface area contributed by atoms with Gasteiger partial charge in [0.2, 0.25) is 0 Å². The van der Waals surface area contributed by atoms with Crippen molar-refractivity contribution >= 4 is 22.1 Å². The number of ether oxygens (including phenoxy) is 1. The minimum Gasteiger partial charge on any atom is -0.508 e. The van der Waals surface area contributed by atoms with E-state index in [1.54, 1.807) is 30.9 Å². The number of aromatic nitrogens is 7. The first-order valence-electron chi connectivity index (χ1n) is 11.9. The van der Waals surface area contributed by atoms with Crippen LogP contribution in [0.1, 0.15) is 0 Å². The maximum atomic E-state index is 14.0. The number of aromatic hydroxyl groups is 1. The highest BCUT2D eigenvalue weighted by molar-refractivity contribution is 5.96. The summed E-state index contributed by atoms with van der Waals surface area (Å²) in [7, 11) is 3.98. The van der Waals surface area contributed by atoms with Gasteiger partial charge < -0.3 is 19.7 Å². The summed E-state index contributed by atoms with van der Waals surface area (Å²) in [5.41, 5.74) is 5.00. The van der Waals surface area contributed by atoms with Gasteiger partial charge in [0, 0.05) is 41.5 Å². The lowest BCUT2D eigenvalue weighted by atomic mass is 10.1. The molecule has 190 valence electrons. The second-order valence-corrected chi connectivity index (χ2v) is 9.09. The molecule has 0 fully saturated rings. The summed E-state index contributed by atoms with van der Waals surface area (Å²) in [6, 6.07) is 9.44. The molecule has 0 aliphatic rings. The number of phenols is 1. The van der Waals surface area contributed by atoms with Crippen molar-refractivity contribution in [3.8, 4) is 45.4 Å². The molecule has 5 aromatic heterocycles. The van der Waals surface area contributed by atoms with E-state index in [0.717, 1.165) is 29.1 Å². The van der Waals surface area contributed by atoms with Crippen molar-refractivity contribution in [2.45, 2.75) is 0 Å². The van der Waals surface area contributed by atoms with Crippen LogP contribution in [0, 0.1) is 5.82 Å². The predicted octanol–water partition coefficient (Wildman–Crippen LogP) is 4.41. The fraction of sp³-hybridized carbons (Fsp3) is 0.148. The number of hydrogen-bond acceptors (Lipinski definition) is 8. The summed E-state index contributed by atoms with van der Waals surface area (Å²) in [5, 5.41) is 18.2. The lowest BCUT2D eigenvalue weighted by Gasteiger charge is -2.11. The summed E-state index contributed by atoms with van der Waals surface area (Å²) >= 11 is 0. The molecule has 0 saturated carbocycles. The van der Waals surface area contributed by atoms with Gasteiger partial charge in [-0.25, -0.2) is 14.4 Å². The largest absolute Gasteiger partial charge is 0.508 e. The van der Waals surface area contributed by atoms with Gasteiger partial charge >= 0.3 is 0 Å². The minimum atomic E-state index is -0.541. The lowest BCUT2D eigenvalue weighted by molar-refractivity contribution is 0.261. The Balaban J connectivity index is 1.38. The van der Waals surface area contributed by atoms with Gasteiger partial charge in [-0.05, 0) is 50.0 Å². The molecule has 0 unspecified atom stereocenters. The van der Waals surface area contributed by atoms with Crippen molar-refractivity contribution in [1.29, 1.82) is 0 Å². The van der Waals surface area contributed by atoms with Gasteiger partial charge in [0.15, 0.2) is 11.5 Å². The van der Waals surface area contributed by atoms with E-state index in [-0.39, 0.29) is 5.75 Å². The average molecular weight is 511 g/mol. The molecule has 5 heterocycles. The van der Waals surface area contributed by atoms with Crippen LogP contribution in [0.3, 0.4) is 0 Å². The number of aromatic amines is 2. The topological polar surface area (TPSA) is 129 Å². The van der Waals surface area contributed by atoms with Gasteiger partial charge in [-0.15, -0.1) is 0 Å². The van der Waals surface area contributed by atoms with Crippen LogP contribution in [0.4, 0.5) is 4.39 Å². The summed E-state index contributed by atoms with van der Waals surface area (Å²) in [6.07, 6.45) is 6.73. The zero-order valence-corrected chi connectivity index (χ0v) is 20.6. The van der Waals surface area contributed by atoms with Gasteiger partial charge in [-0.2, -0.15) is 5.10 Å². The number of rotatable bonds is 7. The van der Waals surface area contributed by atoms with E-state index in [4.69, 9.17) is 9.72 Å². The third-order valence-electron chi connectivity index (χ3n) is 6.07. The van der Waals surface area contributed by atoms with Gasteiger partial charge in [0.25, 0.3) is 0 Å². The number of likely N-dealkylation sites (N-methyl/N-ethyl adjacent to an activating group) is 1. The maximum absolute atomic E-state index is 14.0. The molecular weight excluding hydrogens is 487 g/mol. The first kappa shape index (κ1) is 23.5. The molecule has 38 heavy (non-hydrogen) atoms. The van der Waals surface area contributed by atoms with Crippen molar-refractivity contribution < 1.29 is 14.2 Å². The van der Waals surface area contributed by atoms with Crippen LogP contribution >= 0.6 is 0 Å². The molecule has 3 N–H and O–H groups in total. The highest BCUT2D eigenvalue weighted by atomic mass is 19.1. The number of fused-ring (bicyclic) bond motifs is 2. The predicted molar refractivity (Wildman–Crippen MR) is 141 cm³/mol. The number of nitrogens with one attached hydrogen (secondary N) is 2. The smallest absolute Gasteiger partial charge is 0.160 e. The van der Waals surface area contributed by atoms with E-state index in [2.05, 4.69) is 30.1 Å². The molecule has 10 nitrogen and oxygen atoms in total. The van der Waals surface area contributed by atoms with E-state index in [9.17, 15) is 9.50 Å². The Morgan fingerprint density at radius 1 is 1.03 bits per heavy atom. The Bertz CT molecular complexity index is 1760. The highest BCUT2D eigenvalue weighted by Crippen LogP contribution is 2.33. The molecule has 0 amide bonds. The Hall–Kier alpha value is -4.90. The molecule has 0 saturated heterocycles. The van der Waals surface area contributed by atoms with Crippen molar-refractivity contribution in [3.63, 3.8) is 0 Å². The molecule has 6 aromatic rings. The zero-order valence-electron chi connectivity index (χ0n) is 20.6. The zero-order chi connectivity index (χ0) is 26.2. The summed E-state index contributed by atoms with van der Waals surface area (Å²) in [6.45, 7) is 1.34. The van der Waals surface area contributed by atoms with E-state index in [0.29, 0.717) is 51.9 Å². The van der Waals surface area contributed by atoms with E-state index < -0.39 is 5.82 Å². The van der Waals surface area contributed by atoms with Gasteiger partial charge in [-0.3, -0.25) is 15.1 Å². The number of pyridine rings is 3. The number of hydrogen-bond donors (Lipinski definition) is 3. The lowest BCUT2D eigenvalue weighted by Crippen LogP contribution is -2.19. The normalized spacial score (nSPS) is 11.6. The maximum Gasteiger partial charge on any atom is 0.160 e. The number of benzene rings is 1. The van der Waals surface area contributed by atoms with Crippen LogP contribution in [0.5, 0.6) is 11.5 Å². The SMILES string of the molecule is CN(C)CCOc1cncc(-c2cc3c(-c4nc5c(-c6cc(O)cc(F)c6)ccnc5[nH]4)n[nH]c3cn2)c1. The van der Waals surface area contributed by atoms with E-state index in [1.807, 2.05) is 31.1 Å². The Morgan fingerprint density at radius 3 is 2.76 bits per heavy atom. The molecule has 0 spiro atoms. The molecule has 6 rings (SSSR count).